The molecule has 1 unspecified atom stereocenters. The highest BCUT2D eigenvalue weighted by Gasteiger charge is 2.57. The number of nitriles is 1. The molecule has 0 radical (unpaired) electrons. The first-order valence-corrected chi connectivity index (χ1v) is 11.8. The van der Waals surface area contributed by atoms with Crippen molar-refractivity contribution in [1.29, 1.82) is 5.26 Å². The summed E-state index contributed by atoms with van der Waals surface area (Å²) >= 11 is 0. The fourth-order valence-electron chi connectivity index (χ4n) is 6.40. The number of piperazine rings is 1. The number of amides is 2. The standard InChI is InChI=1S/C24H28FN5O2/c25-16-5-3-14(4-6-16)22(13-1-2-13)30-18-9-21(24(30)32)28(11-18)12-19(27)23(31)29-17(10-26)7-15-8-20(15)29/h3-6,13,15,17-22H,1-2,7-9,11-12,27H2/t15-,17+,18?,19+,20+,21+,22-/m1/s1. The van der Waals surface area contributed by atoms with Gasteiger partial charge in [0.1, 0.15) is 11.9 Å². The monoisotopic (exact) mass is 437 g/mol. The second kappa shape index (κ2) is 7.26. The lowest BCUT2D eigenvalue weighted by Crippen LogP contribution is -2.57. The van der Waals surface area contributed by atoms with Gasteiger partial charge in [-0.2, -0.15) is 5.26 Å². The van der Waals surface area contributed by atoms with Crippen LogP contribution in [0.5, 0.6) is 0 Å². The summed E-state index contributed by atoms with van der Waals surface area (Å²) in [5, 5.41) is 9.38. The highest BCUT2D eigenvalue weighted by Crippen LogP contribution is 2.50. The minimum atomic E-state index is -0.720. The van der Waals surface area contributed by atoms with Gasteiger partial charge >= 0.3 is 0 Å². The molecule has 2 amide bonds. The number of rotatable bonds is 6. The lowest BCUT2D eigenvalue weighted by molar-refractivity contribution is -0.142. The molecule has 2 saturated carbocycles. The van der Waals surface area contributed by atoms with Crippen molar-refractivity contribution in [2.75, 3.05) is 13.1 Å². The lowest BCUT2D eigenvalue weighted by atomic mass is 9.99. The van der Waals surface area contributed by atoms with E-state index in [-0.39, 0.29) is 47.8 Å². The maximum Gasteiger partial charge on any atom is 0.242 e. The number of carbonyl (C=O) groups excluding carboxylic acids is 2. The van der Waals surface area contributed by atoms with Crippen LogP contribution in [-0.2, 0) is 9.59 Å². The summed E-state index contributed by atoms with van der Waals surface area (Å²) in [7, 11) is 0. The Balaban J connectivity index is 1.14. The van der Waals surface area contributed by atoms with Crippen LogP contribution in [-0.4, -0.2) is 69.8 Å². The van der Waals surface area contributed by atoms with Gasteiger partial charge in [0.05, 0.1) is 24.2 Å². The zero-order valence-corrected chi connectivity index (χ0v) is 17.9. The molecule has 7 atom stereocenters. The minimum Gasteiger partial charge on any atom is -0.330 e. The van der Waals surface area contributed by atoms with Gasteiger partial charge in [-0.1, -0.05) is 12.1 Å². The number of fused-ring (bicyclic) bond motifs is 3. The Morgan fingerprint density at radius 3 is 2.62 bits per heavy atom. The number of carbonyl (C=O) groups is 2. The summed E-state index contributed by atoms with van der Waals surface area (Å²) in [6.07, 6.45) is 4.66. The average molecular weight is 438 g/mol. The molecule has 8 heteroatoms. The number of hydrogen-bond acceptors (Lipinski definition) is 5. The first-order chi connectivity index (χ1) is 15.5. The van der Waals surface area contributed by atoms with E-state index in [0.717, 1.165) is 37.7 Å². The van der Waals surface area contributed by atoms with Crippen molar-refractivity contribution in [3.63, 3.8) is 0 Å². The maximum atomic E-state index is 13.4. The number of piperidine rings is 1. The first kappa shape index (κ1) is 20.1. The second-order valence-electron chi connectivity index (χ2n) is 10.2. The molecule has 6 rings (SSSR count). The van der Waals surface area contributed by atoms with E-state index in [1.54, 1.807) is 17.0 Å². The summed E-state index contributed by atoms with van der Waals surface area (Å²) in [6, 6.07) is 7.73. The Kier molecular flexibility index (Phi) is 4.57. The van der Waals surface area contributed by atoms with Crippen molar-refractivity contribution in [2.45, 2.75) is 68.4 Å². The van der Waals surface area contributed by atoms with Gasteiger partial charge in [-0.15, -0.1) is 0 Å². The molecule has 5 fully saturated rings. The van der Waals surface area contributed by atoms with Crippen LogP contribution in [0.25, 0.3) is 0 Å². The predicted octanol–water partition coefficient (Wildman–Crippen LogP) is 1.40. The Morgan fingerprint density at radius 2 is 1.97 bits per heavy atom. The van der Waals surface area contributed by atoms with Gasteiger partial charge < -0.3 is 15.5 Å². The van der Waals surface area contributed by atoms with Gasteiger partial charge in [-0.3, -0.25) is 14.5 Å². The molecule has 1 aromatic rings. The quantitative estimate of drug-likeness (QED) is 0.726. The van der Waals surface area contributed by atoms with Crippen molar-refractivity contribution >= 4 is 11.8 Å². The molecule has 7 nitrogen and oxygen atoms in total. The Bertz CT molecular complexity index is 989. The van der Waals surface area contributed by atoms with Crippen molar-refractivity contribution in [2.24, 2.45) is 17.6 Å². The highest BCUT2D eigenvalue weighted by atomic mass is 19.1. The molecule has 5 aliphatic rings. The second-order valence-corrected chi connectivity index (χ2v) is 10.2. The normalized spacial score (nSPS) is 35.0. The van der Waals surface area contributed by atoms with Crippen LogP contribution < -0.4 is 5.73 Å². The molecule has 1 aromatic carbocycles. The molecule has 2 aliphatic carbocycles. The molecule has 3 aliphatic heterocycles. The molecule has 32 heavy (non-hydrogen) atoms. The molecular weight excluding hydrogens is 409 g/mol. The number of hydrogen-bond donors (Lipinski definition) is 1. The van der Waals surface area contributed by atoms with Crippen molar-refractivity contribution in [3.8, 4) is 6.07 Å². The van der Waals surface area contributed by atoms with E-state index in [9.17, 15) is 19.2 Å². The van der Waals surface area contributed by atoms with Gasteiger partial charge in [-0.25, -0.2) is 4.39 Å². The molecule has 3 saturated heterocycles. The number of likely N-dealkylation sites (tertiary alicyclic amines) is 3. The number of nitrogens with two attached hydrogens (primary N) is 1. The smallest absolute Gasteiger partial charge is 0.242 e. The summed E-state index contributed by atoms with van der Waals surface area (Å²) in [4.78, 5) is 32.2. The Morgan fingerprint density at radius 1 is 1.22 bits per heavy atom. The minimum absolute atomic E-state index is 0.00309. The first-order valence-electron chi connectivity index (χ1n) is 11.8. The summed E-state index contributed by atoms with van der Waals surface area (Å²) in [5.74, 6) is 0.568. The van der Waals surface area contributed by atoms with Crippen LogP contribution >= 0.6 is 0 Å². The van der Waals surface area contributed by atoms with E-state index in [0.29, 0.717) is 24.9 Å². The van der Waals surface area contributed by atoms with Gasteiger partial charge in [0, 0.05) is 25.2 Å². The van der Waals surface area contributed by atoms with Gasteiger partial charge in [0.15, 0.2) is 0 Å². The van der Waals surface area contributed by atoms with Crippen LogP contribution in [0, 0.1) is 29.0 Å². The topological polar surface area (TPSA) is 93.7 Å². The van der Waals surface area contributed by atoms with Crippen LogP contribution in [0.4, 0.5) is 4.39 Å². The fraction of sp³-hybridized carbons (Fsp3) is 0.625. The molecule has 3 heterocycles. The number of nitrogens with zero attached hydrogens (tertiary/aromatic N) is 4. The molecule has 0 aromatic heterocycles. The maximum absolute atomic E-state index is 13.4. The third-order valence-electron chi connectivity index (χ3n) is 8.15. The van der Waals surface area contributed by atoms with Gasteiger partial charge in [-0.05, 0) is 61.6 Å². The fourth-order valence-corrected chi connectivity index (χ4v) is 6.40. The van der Waals surface area contributed by atoms with E-state index in [1.807, 2.05) is 4.90 Å². The summed E-state index contributed by atoms with van der Waals surface area (Å²) < 4.78 is 13.4. The van der Waals surface area contributed by atoms with Crippen LogP contribution in [0.2, 0.25) is 0 Å². The third-order valence-corrected chi connectivity index (χ3v) is 8.15. The SMILES string of the molecule is N#C[C@@H]1C[C@@H]2C[C@@H]2N1C(=O)[C@@H](N)CN1CC2C[C@H]1C(=O)N2[C@@H](c1ccc(F)cc1)C1CC1. The van der Waals surface area contributed by atoms with E-state index in [1.165, 1.54) is 12.1 Å². The lowest BCUT2D eigenvalue weighted by Gasteiger charge is -2.40. The third kappa shape index (κ3) is 3.13. The van der Waals surface area contributed by atoms with Crippen LogP contribution in [0.1, 0.15) is 43.7 Å². The van der Waals surface area contributed by atoms with Crippen LogP contribution in [0.15, 0.2) is 24.3 Å². The zero-order valence-electron chi connectivity index (χ0n) is 17.9. The molecular formula is C24H28FN5O2. The highest BCUT2D eigenvalue weighted by molar-refractivity contribution is 5.87. The van der Waals surface area contributed by atoms with Crippen molar-refractivity contribution in [1.82, 2.24) is 14.7 Å². The Labute approximate surface area is 186 Å². The predicted molar refractivity (Wildman–Crippen MR) is 113 cm³/mol. The average Bonchev–Trinajstić information content (AvgIpc) is 3.67. The van der Waals surface area contributed by atoms with Gasteiger partial charge in [0.2, 0.25) is 11.8 Å². The van der Waals surface area contributed by atoms with E-state index < -0.39 is 6.04 Å². The van der Waals surface area contributed by atoms with Gasteiger partial charge in [0.25, 0.3) is 0 Å². The van der Waals surface area contributed by atoms with E-state index in [2.05, 4.69) is 11.0 Å². The van der Waals surface area contributed by atoms with E-state index >= 15 is 0 Å². The van der Waals surface area contributed by atoms with E-state index in [4.69, 9.17) is 5.73 Å². The summed E-state index contributed by atoms with van der Waals surface area (Å²) in [6.45, 7) is 1.05. The van der Waals surface area contributed by atoms with Crippen molar-refractivity contribution in [3.05, 3.63) is 35.6 Å². The molecule has 2 bridgehead atoms. The largest absolute Gasteiger partial charge is 0.330 e. The summed E-state index contributed by atoms with van der Waals surface area (Å²) in [5.41, 5.74) is 7.31. The molecule has 2 N–H and O–H groups in total. The number of benzene rings is 1. The van der Waals surface area contributed by atoms with Crippen molar-refractivity contribution < 1.29 is 14.0 Å². The Hall–Kier alpha value is -2.50. The zero-order chi connectivity index (χ0) is 22.1. The number of halogens is 1. The molecule has 168 valence electrons. The van der Waals surface area contributed by atoms with Crippen LogP contribution in [0.3, 0.4) is 0 Å². The molecule has 0 spiro atoms.